The van der Waals surface area contributed by atoms with Crippen molar-refractivity contribution in [1.29, 1.82) is 0 Å². The highest BCUT2D eigenvalue weighted by atomic mass is 79.9. The summed E-state index contributed by atoms with van der Waals surface area (Å²) in [7, 11) is 0. The van der Waals surface area contributed by atoms with E-state index in [1.54, 1.807) is 6.07 Å². The Balaban J connectivity index is 2.08. The lowest BCUT2D eigenvalue weighted by Crippen LogP contribution is -2.45. The third-order valence-electron chi connectivity index (χ3n) is 3.01. The number of hydrogen-bond acceptors (Lipinski definition) is 2. The first-order valence-corrected chi connectivity index (χ1v) is 6.60. The summed E-state index contributed by atoms with van der Waals surface area (Å²) < 4.78 is 13.6. The van der Waals surface area contributed by atoms with Crippen LogP contribution in [0.4, 0.5) is 14.9 Å². The van der Waals surface area contributed by atoms with Gasteiger partial charge in [0, 0.05) is 12.2 Å². The number of benzene rings is 1. The Morgan fingerprint density at radius 3 is 2.84 bits per heavy atom. The van der Waals surface area contributed by atoms with Gasteiger partial charge >= 0.3 is 6.03 Å². The molecule has 7 heteroatoms. The number of amides is 3. The van der Waals surface area contributed by atoms with Crippen molar-refractivity contribution >= 4 is 33.6 Å². The minimum atomic E-state index is -0.583. The van der Waals surface area contributed by atoms with Crippen LogP contribution in [0, 0.1) is 5.82 Å². The van der Waals surface area contributed by atoms with Gasteiger partial charge in [-0.25, -0.2) is 9.18 Å². The molecule has 102 valence electrons. The standard InChI is InChI=1S/C12H13BrFN3O2/c13-8-4-3-7(6-9(8)14)16-12(19)17-5-1-2-10(17)11(15)18/h3-4,6,10H,1-2,5H2,(H2,15,18)(H,16,19)/t10-/m1/s1. The smallest absolute Gasteiger partial charge is 0.322 e. The Bertz CT molecular complexity index is 524. The highest BCUT2D eigenvalue weighted by Crippen LogP contribution is 2.21. The van der Waals surface area contributed by atoms with Crippen LogP contribution in [0.2, 0.25) is 0 Å². The number of anilines is 1. The van der Waals surface area contributed by atoms with Crippen molar-refractivity contribution in [1.82, 2.24) is 4.90 Å². The monoisotopic (exact) mass is 329 g/mol. The number of nitrogens with one attached hydrogen (secondary N) is 1. The van der Waals surface area contributed by atoms with Crippen molar-refractivity contribution in [2.75, 3.05) is 11.9 Å². The molecule has 0 spiro atoms. The highest BCUT2D eigenvalue weighted by Gasteiger charge is 2.32. The fraction of sp³-hybridized carbons (Fsp3) is 0.333. The summed E-state index contributed by atoms with van der Waals surface area (Å²) in [6.45, 7) is 0.471. The van der Waals surface area contributed by atoms with Gasteiger partial charge in [0.25, 0.3) is 0 Å². The summed E-state index contributed by atoms with van der Waals surface area (Å²) in [6, 6.07) is 3.25. The van der Waals surface area contributed by atoms with Gasteiger partial charge in [-0.15, -0.1) is 0 Å². The van der Waals surface area contributed by atoms with Crippen LogP contribution in [-0.2, 0) is 4.79 Å². The van der Waals surface area contributed by atoms with Gasteiger partial charge in [0.1, 0.15) is 11.9 Å². The number of likely N-dealkylation sites (tertiary alicyclic amines) is 1. The maximum absolute atomic E-state index is 13.3. The number of halogens is 2. The summed E-state index contributed by atoms with van der Waals surface area (Å²) in [4.78, 5) is 24.6. The Morgan fingerprint density at radius 2 is 2.21 bits per heavy atom. The molecule has 1 saturated heterocycles. The summed E-state index contributed by atoms with van der Waals surface area (Å²) in [5.74, 6) is -0.986. The van der Waals surface area contributed by atoms with Crippen molar-refractivity contribution in [3.8, 4) is 0 Å². The predicted molar refractivity (Wildman–Crippen MR) is 72.0 cm³/mol. The molecule has 1 aliphatic rings. The topological polar surface area (TPSA) is 75.4 Å². The lowest BCUT2D eigenvalue weighted by Gasteiger charge is -2.22. The van der Waals surface area contributed by atoms with Gasteiger partial charge in [0.2, 0.25) is 5.91 Å². The molecule has 1 heterocycles. The van der Waals surface area contributed by atoms with Gasteiger partial charge in [0.15, 0.2) is 0 Å². The molecule has 3 N–H and O–H groups in total. The molecule has 0 bridgehead atoms. The van der Waals surface area contributed by atoms with E-state index in [1.165, 1.54) is 17.0 Å². The van der Waals surface area contributed by atoms with Crippen molar-refractivity contribution in [2.45, 2.75) is 18.9 Å². The first-order valence-electron chi connectivity index (χ1n) is 5.81. The number of rotatable bonds is 2. The molecule has 0 saturated carbocycles. The number of nitrogens with two attached hydrogens (primary N) is 1. The van der Waals surface area contributed by atoms with E-state index in [9.17, 15) is 14.0 Å². The van der Waals surface area contributed by atoms with Gasteiger partial charge in [-0.1, -0.05) is 0 Å². The zero-order valence-electron chi connectivity index (χ0n) is 10.0. The molecule has 1 aliphatic heterocycles. The number of urea groups is 1. The van der Waals surface area contributed by atoms with Crippen LogP contribution in [0.1, 0.15) is 12.8 Å². The van der Waals surface area contributed by atoms with E-state index in [0.717, 1.165) is 6.42 Å². The molecule has 0 unspecified atom stereocenters. The van der Waals surface area contributed by atoms with Crippen LogP contribution >= 0.6 is 15.9 Å². The van der Waals surface area contributed by atoms with Crippen LogP contribution in [0.15, 0.2) is 22.7 Å². The molecule has 0 aromatic heterocycles. The lowest BCUT2D eigenvalue weighted by atomic mass is 10.2. The maximum Gasteiger partial charge on any atom is 0.322 e. The zero-order valence-corrected chi connectivity index (χ0v) is 11.6. The summed E-state index contributed by atoms with van der Waals surface area (Å²) in [5.41, 5.74) is 5.57. The van der Waals surface area contributed by atoms with Crippen molar-refractivity contribution in [3.05, 3.63) is 28.5 Å². The number of carbonyl (C=O) groups excluding carboxylic acids is 2. The fourth-order valence-corrected chi connectivity index (χ4v) is 2.32. The minimum Gasteiger partial charge on any atom is -0.368 e. The molecule has 19 heavy (non-hydrogen) atoms. The van der Waals surface area contributed by atoms with E-state index in [4.69, 9.17) is 5.73 Å². The molecular weight excluding hydrogens is 317 g/mol. The van der Waals surface area contributed by atoms with Crippen molar-refractivity contribution in [3.63, 3.8) is 0 Å². The van der Waals surface area contributed by atoms with Crippen molar-refractivity contribution in [2.24, 2.45) is 5.73 Å². The summed E-state index contributed by atoms with van der Waals surface area (Å²) >= 11 is 3.03. The Kier molecular flexibility index (Phi) is 4.04. The first-order chi connectivity index (χ1) is 8.99. The molecule has 0 radical (unpaired) electrons. The van der Waals surface area contributed by atoms with Crippen LogP contribution in [0.25, 0.3) is 0 Å². The molecule has 1 aromatic carbocycles. The Labute approximate surface area is 118 Å². The number of nitrogens with zero attached hydrogens (tertiary/aromatic N) is 1. The molecular formula is C12H13BrFN3O2. The van der Waals surface area contributed by atoms with E-state index in [2.05, 4.69) is 21.2 Å². The molecule has 0 aliphatic carbocycles. The lowest BCUT2D eigenvalue weighted by molar-refractivity contribution is -0.121. The molecule has 1 fully saturated rings. The van der Waals surface area contributed by atoms with Crippen molar-refractivity contribution < 1.29 is 14.0 Å². The number of hydrogen-bond donors (Lipinski definition) is 2. The van der Waals surface area contributed by atoms with E-state index in [1.807, 2.05) is 0 Å². The second kappa shape index (κ2) is 5.56. The van der Waals surface area contributed by atoms with E-state index in [0.29, 0.717) is 23.1 Å². The van der Waals surface area contributed by atoms with Gasteiger partial charge in [-0.2, -0.15) is 0 Å². The normalized spacial score (nSPS) is 18.4. The van der Waals surface area contributed by atoms with Crippen LogP contribution in [0.5, 0.6) is 0 Å². The Morgan fingerprint density at radius 1 is 1.47 bits per heavy atom. The zero-order chi connectivity index (χ0) is 14.0. The van der Waals surface area contributed by atoms with Gasteiger partial charge in [0.05, 0.1) is 4.47 Å². The van der Waals surface area contributed by atoms with E-state index < -0.39 is 23.8 Å². The average Bonchev–Trinajstić information content (AvgIpc) is 2.83. The summed E-state index contributed by atoms with van der Waals surface area (Å²) in [6.07, 6.45) is 1.30. The molecule has 1 aromatic rings. The van der Waals surface area contributed by atoms with Crippen LogP contribution in [0.3, 0.4) is 0 Å². The molecule has 3 amide bonds. The van der Waals surface area contributed by atoms with Gasteiger partial charge in [-0.3, -0.25) is 4.79 Å². The van der Waals surface area contributed by atoms with Gasteiger partial charge < -0.3 is 16.0 Å². The second-order valence-corrected chi connectivity index (χ2v) is 5.17. The maximum atomic E-state index is 13.3. The molecule has 5 nitrogen and oxygen atoms in total. The average molecular weight is 330 g/mol. The third kappa shape index (κ3) is 3.04. The summed E-state index contributed by atoms with van der Waals surface area (Å²) in [5, 5.41) is 2.56. The molecule has 2 rings (SSSR count). The predicted octanol–water partition coefficient (Wildman–Crippen LogP) is 2.07. The minimum absolute atomic E-state index is 0.321. The molecule has 1 atom stereocenters. The van der Waals surface area contributed by atoms with E-state index >= 15 is 0 Å². The SMILES string of the molecule is NC(=O)[C@H]1CCCN1C(=O)Nc1ccc(Br)c(F)c1. The van der Waals surface area contributed by atoms with Gasteiger partial charge in [-0.05, 0) is 47.0 Å². The number of primary amides is 1. The first kappa shape index (κ1) is 13.8. The number of carbonyl (C=O) groups is 2. The highest BCUT2D eigenvalue weighted by molar-refractivity contribution is 9.10. The Hall–Kier alpha value is -1.63. The fourth-order valence-electron chi connectivity index (χ4n) is 2.07. The van der Waals surface area contributed by atoms with Crippen LogP contribution < -0.4 is 11.1 Å². The largest absolute Gasteiger partial charge is 0.368 e. The third-order valence-corrected chi connectivity index (χ3v) is 3.66. The van der Waals surface area contributed by atoms with E-state index in [-0.39, 0.29) is 0 Å². The second-order valence-electron chi connectivity index (χ2n) is 4.31. The quantitative estimate of drug-likeness (QED) is 0.871. The van der Waals surface area contributed by atoms with Crippen LogP contribution in [-0.4, -0.2) is 29.4 Å².